The van der Waals surface area contributed by atoms with Gasteiger partial charge >= 0.3 is 0 Å². The van der Waals surface area contributed by atoms with Crippen molar-refractivity contribution in [1.82, 2.24) is 14.8 Å². The molecular formula is C23H29N3O. The standard InChI is InChI=1S/C23H29N3O/c1-25(23(27)12-11-20-9-4-5-13-24-20)21-10-6-14-26(17-21)22-15-18-7-2-3-8-19(18)16-22/h2-5,7-9,13,21-22H,6,10-12,14-17H2,1H3/t21-/m1/s1. The van der Waals surface area contributed by atoms with Gasteiger partial charge in [0.1, 0.15) is 0 Å². The Morgan fingerprint density at radius 1 is 1.15 bits per heavy atom. The Morgan fingerprint density at radius 2 is 1.89 bits per heavy atom. The molecule has 4 rings (SSSR count). The number of carbonyl (C=O) groups is 1. The summed E-state index contributed by atoms with van der Waals surface area (Å²) >= 11 is 0. The van der Waals surface area contributed by atoms with Gasteiger partial charge in [0.15, 0.2) is 0 Å². The molecule has 1 aromatic carbocycles. The fourth-order valence-electron chi connectivity index (χ4n) is 4.59. The number of aryl methyl sites for hydroxylation is 1. The molecule has 1 saturated heterocycles. The largest absolute Gasteiger partial charge is 0.341 e. The highest BCUT2D eigenvalue weighted by atomic mass is 16.2. The number of carbonyl (C=O) groups excluding carboxylic acids is 1. The summed E-state index contributed by atoms with van der Waals surface area (Å²) < 4.78 is 0. The van der Waals surface area contributed by atoms with Gasteiger partial charge in [0.25, 0.3) is 0 Å². The second kappa shape index (κ2) is 8.22. The average molecular weight is 364 g/mol. The van der Waals surface area contributed by atoms with Gasteiger partial charge in [0, 0.05) is 44.0 Å². The molecule has 4 heteroatoms. The number of rotatable bonds is 5. The number of aromatic nitrogens is 1. The fraction of sp³-hybridized carbons (Fsp3) is 0.478. The van der Waals surface area contributed by atoms with Crippen molar-refractivity contribution in [2.75, 3.05) is 20.1 Å². The lowest BCUT2D eigenvalue weighted by molar-refractivity contribution is -0.133. The smallest absolute Gasteiger partial charge is 0.222 e. The number of hydrogen-bond donors (Lipinski definition) is 0. The lowest BCUT2D eigenvalue weighted by atomic mass is 10.0. The number of hydrogen-bond acceptors (Lipinski definition) is 3. The SMILES string of the molecule is CN(C(=O)CCc1ccccn1)[C@@H]1CCCN(C2Cc3ccccc3C2)C1. The molecular weight excluding hydrogens is 334 g/mol. The van der Waals surface area contributed by atoms with E-state index < -0.39 is 0 Å². The first-order valence-electron chi connectivity index (χ1n) is 10.2. The van der Waals surface area contributed by atoms with Gasteiger partial charge in [-0.15, -0.1) is 0 Å². The third-order valence-electron chi connectivity index (χ3n) is 6.24. The van der Waals surface area contributed by atoms with E-state index in [9.17, 15) is 4.79 Å². The lowest BCUT2D eigenvalue weighted by Gasteiger charge is -2.40. The molecule has 0 bridgehead atoms. The number of fused-ring (bicyclic) bond motifs is 1. The third-order valence-corrected chi connectivity index (χ3v) is 6.24. The normalized spacial score (nSPS) is 20.4. The van der Waals surface area contributed by atoms with Crippen LogP contribution in [0.25, 0.3) is 0 Å². The summed E-state index contributed by atoms with van der Waals surface area (Å²) in [5.74, 6) is 0.238. The number of piperidine rings is 1. The van der Waals surface area contributed by atoms with Gasteiger partial charge in [0.05, 0.1) is 0 Å². The Balaban J connectivity index is 1.32. The Kier molecular flexibility index (Phi) is 5.53. The maximum absolute atomic E-state index is 12.7. The molecule has 1 aliphatic heterocycles. The summed E-state index contributed by atoms with van der Waals surface area (Å²) in [5.41, 5.74) is 4.00. The van der Waals surface area contributed by atoms with E-state index in [-0.39, 0.29) is 5.91 Å². The minimum absolute atomic E-state index is 0.238. The minimum atomic E-state index is 0.238. The third kappa shape index (κ3) is 4.22. The van der Waals surface area contributed by atoms with Crippen molar-refractivity contribution < 1.29 is 4.79 Å². The molecule has 1 aliphatic carbocycles. The molecule has 2 aromatic rings. The predicted octanol–water partition coefficient (Wildman–Crippen LogP) is 3.10. The quantitative estimate of drug-likeness (QED) is 0.819. The van der Waals surface area contributed by atoms with Crippen LogP contribution in [0.3, 0.4) is 0 Å². The van der Waals surface area contributed by atoms with Gasteiger partial charge in [0.2, 0.25) is 5.91 Å². The number of likely N-dealkylation sites (N-methyl/N-ethyl adjacent to an activating group) is 1. The van der Waals surface area contributed by atoms with Gasteiger partial charge in [-0.3, -0.25) is 14.7 Å². The van der Waals surface area contributed by atoms with E-state index in [0.717, 1.165) is 44.5 Å². The molecule has 1 atom stereocenters. The second-order valence-electron chi connectivity index (χ2n) is 7.95. The Hall–Kier alpha value is -2.20. The maximum Gasteiger partial charge on any atom is 0.222 e. The van der Waals surface area contributed by atoms with Crippen molar-refractivity contribution in [3.05, 3.63) is 65.5 Å². The first-order chi connectivity index (χ1) is 13.2. The van der Waals surface area contributed by atoms with E-state index in [2.05, 4.69) is 34.1 Å². The van der Waals surface area contributed by atoms with E-state index in [1.165, 1.54) is 17.5 Å². The van der Waals surface area contributed by atoms with E-state index in [4.69, 9.17) is 0 Å². The summed E-state index contributed by atoms with van der Waals surface area (Å²) in [6.07, 6.45) is 7.65. The fourth-order valence-corrected chi connectivity index (χ4v) is 4.59. The van der Waals surface area contributed by atoms with Crippen LogP contribution in [0.2, 0.25) is 0 Å². The zero-order valence-electron chi connectivity index (χ0n) is 16.2. The summed E-state index contributed by atoms with van der Waals surface area (Å²) in [6.45, 7) is 2.16. The second-order valence-corrected chi connectivity index (χ2v) is 7.95. The highest BCUT2D eigenvalue weighted by Crippen LogP contribution is 2.28. The summed E-state index contributed by atoms with van der Waals surface area (Å²) in [5, 5.41) is 0. The van der Waals surface area contributed by atoms with E-state index in [1.54, 1.807) is 6.20 Å². The van der Waals surface area contributed by atoms with Crippen LogP contribution in [-0.4, -0.2) is 52.9 Å². The molecule has 1 amide bonds. The monoisotopic (exact) mass is 363 g/mol. The molecule has 0 radical (unpaired) electrons. The van der Waals surface area contributed by atoms with Crippen LogP contribution in [0.15, 0.2) is 48.7 Å². The highest BCUT2D eigenvalue weighted by Gasteiger charge is 2.32. The average Bonchev–Trinajstić information content (AvgIpc) is 3.17. The van der Waals surface area contributed by atoms with Crippen LogP contribution < -0.4 is 0 Å². The zero-order valence-corrected chi connectivity index (χ0v) is 16.2. The summed E-state index contributed by atoms with van der Waals surface area (Å²) in [7, 11) is 1.98. The number of nitrogens with zero attached hydrogens (tertiary/aromatic N) is 3. The van der Waals surface area contributed by atoms with Gasteiger partial charge in [-0.1, -0.05) is 30.3 Å². The minimum Gasteiger partial charge on any atom is -0.341 e. The molecule has 1 fully saturated rings. The van der Waals surface area contributed by atoms with Crippen LogP contribution >= 0.6 is 0 Å². The topological polar surface area (TPSA) is 36.4 Å². The molecule has 2 aliphatic rings. The van der Waals surface area contributed by atoms with Gasteiger partial charge in [-0.2, -0.15) is 0 Å². The maximum atomic E-state index is 12.7. The van der Waals surface area contributed by atoms with E-state index in [1.807, 2.05) is 30.1 Å². The van der Waals surface area contributed by atoms with Gasteiger partial charge in [-0.05, 0) is 61.9 Å². The van der Waals surface area contributed by atoms with Gasteiger partial charge in [-0.25, -0.2) is 0 Å². The van der Waals surface area contributed by atoms with Crippen LogP contribution in [0.4, 0.5) is 0 Å². The van der Waals surface area contributed by atoms with E-state index in [0.29, 0.717) is 18.5 Å². The van der Waals surface area contributed by atoms with Gasteiger partial charge < -0.3 is 4.90 Å². The zero-order chi connectivity index (χ0) is 18.6. The van der Waals surface area contributed by atoms with Crippen LogP contribution in [0, 0.1) is 0 Å². The molecule has 1 aromatic heterocycles. The first kappa shape index (κ1) is 18.2. The van der Waals surface area contributed by atoms with E-state index >= 15 is 0 Å². The molecule has 0 N–H and O–H groups in total. The molecule has 0 unspecified atom stereocenters. The molecule has 2 heterocycles. The van der Waals surface area contributed by atoms with Crippen molar-refractivity contribution in [3.63, 3.8) is 0 Å². The molecule has 142 valence electrons. The molecule has 0 spiro atoms. The summed E-state index contributed by atoms with van der Waals surface area (Å²) in [4.78, 5) is 21.6. The number of pyridine rings is 1. The van der Waals surface area contributed by atoms with Crippen molar-refractivity contribution in [3.8, 4) is 0 Å². The lowest BCUT2D eigenvalue weighted by Crippen LogP contribution is -2.51. The predicted molar refractivity (Wildman–Crippen MR) is 108 cm³/mol. The van der Waals surface area contributed by atoms with Crippen molar-refractivity contribution in [2.24, 2.45) is 0 Å². The molecule has 4 nitrogen and oxygen atoms in total. The number of amides is 1. The highest BCUT2D eigenvalue weighted by molar-refractivity contribution is 5.76. The van der Waals surface area contributed by atoms with Crippen LogP contribution in [0.5, 0.6) is 0 Å². The van der Waals surface area contributed by atoms with Crippen LogP contribution in [-0.2, 0) is 24.1 Å². The first-order valence-corrected chi connectivity index (χ1v) is 10.2. The molecule has 27 heavy (non-hydrogen) atoms. The van der Waals surface area contributed by atoms with Crippen molar-refractivity contribution in [1.29, 1.82) is 0 Å². The molecule has 0 saturated carbocycles. The Bertz CT molecular complexity index is 751. The van der Waals surface area contributed by atoms with Crippen molar-refractivity contribution >= 4 is 5.91 Å². The van der Waals surface area contributed by atoms with Crippen LogP contribution in [0.1, 0.15) is 36.1 Å². The number of likely N-dealkylation sites (tertiary alicyclic amines) is 1. The Morgan fingerprint density at radius 3 is 2.59 bits per heavy atom. The number of benzene rings is 1. The Labute approximate surface area is 162 Å². The van der Waals surface area contributed by atoms with Crippen molar-refractivity contribution in [2.45, 2.75) is 50.6 Å². The summed E-state index contributed by atoms with van der Waals surface area (Å²) in [6, 6.07) is 15.6.